The van der Waals surface area contributed by atoms with Gasteiger partial charge in [0.15, 0.2) is 0 Å². The highest BCUT2D eigenvalue weighted by Gasteiger charge is 2.62. The van der Waals surface area contributed by atoms with Crippen molar-refractivity contribution >= 4 is 5.78 Å². The maximum Gasteiger partial charge on any atom is 0.139 e. The predicted molar refractivity (Wildman–Crippen MR) is 84.1 cm³/mol. The Labute approximate surface area is 133 Å². The molecule has 4 aliphatic rings. The Kier molecular flexibility index (Phi) is 3.30. The zero-order chi connectivity index (χ0) is 15.7. The van der Waals surface area contributed by atoms with Crippen molar-refractivity contribution in [3.05, 3.63) is 0 Å². The van der Waals surface area contributed by atoms with E-state index in [0.29, 0.717) is 30.0 Å². The number of rotatable bonds is 0. The molecular weight excluding hydrogens is 276 g/mol. The van der Waals surface area contributed by atoms with E-state index in [2.05, 4.69) is 13.8 Å². The zero-order valence-electron chi connectivity index (χ0n) is 13.9. The van der Waals surface area contributed by atoms with Crippen molar-refractivity contribution in [1.82, 2.24) is 0 Å². The van der Waals surface area contributed by atoms with Crippen LogP contribution in [0.25, 0.3) is 0 Å². The lowest BCUT2D eigenvalue weighted by atomic mass is 9.44. The Morgan fingerprint density at radius 2 is 1.82 bits per heavy atom. The summed E-state index contributed by atoms with van der Waals surface area (Å²) in [5.41, 5.74) is -0.0207. The van der Waals surface area contributed by atoms with Gasteiger partial charge < -0.3 is 10.2 Å². The topological polar surface area (TPSA) is 57.5 Å². The molecule has 0 amide bonds. The van der Waals surface area contributed by atoms with Crippen molar-refractivity contribution in [2.75, 3.05) is 0 Å². The molecule has 4 rings (SSSR count). The van der Waals surface area contributed by atoms with Gasteiger partial charge in [0, 0.05) is 11.8 Å². The van der Waals surface area contributed by atoms with E-state index < -0.39 is 0 Å². The summed E-state index contributed by atoms with van der Waals surface area (Å²) in [6, 6.07) is 0. The fourth-order valence-corrected chi connectivity index (χ4v) is 7.06. The van der Waals surface area contributed by atoms with Gasteiger partial charge in [-0.1, -0.05) is 13.8 Å². The Bertz CT molecular complexity index is 489. The van der Waals surface area contributed by atoms with Gasteiger partial charge in [0.25, 0.3) is 0 Å². The highest BCUT2D eigenvalue weighted by atomic mass is 16.3. The summed E-state index contributed by atoms with van der Waals surface area (Å²) in [4.78, 5) is 12.4. The Balaban J connectivity index is 1.70. The number of hydrogen-bond donors (Lipinski definition) is 2. The molecule has 0 aromatic heterocycles. The van der Waals surface area contributed by atoms with Crippen LogP contribution in [0.3, 0.4) is 0 Å². The summed E-state index contributed by atoms with van der Waals surface area (Å²) < 4.78 is 0. The van der Waals surface area contributed by atoms with Crippen molar-refractivity contribution in [1.29, 1.82) is 0 Å². The van der Waals surface area contributed by atoms with Gasteiger partial charge >= 0.3 is 0 Å². The first-order chi connectivity index (χ1) is 10.4. The fraction of sp³-hybridized carbons (Fsp3) is 0.947. The number of aliphatic hydroxyl groups is 2. The number of aliphatic hydroxyl groups excluding tert-OH is 2. The van der Waals surface area contributed by atoms with E-state index in [0.717, 1.165) is 44.9 Å². The SMILES string of the molecule is C[C@]12C[C@@H](O)CC[C@@H]1C[C@@H](O)[C@@H]1[C@@H]2CC[C@]2(C)C(=O)CC[C@@H]12. The van der Waals surface area contributed by atoms with E-state index in [1.165, 1.54) is 0 Å². The summed E-state index contributed by atoms with van der Waals surface area (Å²) >= 11 is 0. The Hall–Kier alpha value is -0.410. The first-order valence-corrected chi connectivity index (χ1v) is 9.25. The van der Waals surface area contributed by atoms with Crippen LogP contribution in [0.2, 0.25) is 0 Å². The van der Waals surface area contributed by atoms with Crippen LogP contribution in [0.15, 0.2) is 0 Å². The maximum absolute atomic E-state index is 12.4. The second-order valence-corrected chi connectivity index (χ2v) is 9.15. The minimum atomic E-state index is -0.242. The summed E-state index contributed by atoms with van der Waals surface area (Å²) in [5.74, 6) is 2.11. The lowest BCUT2D eigenvalue weighted by molar-refractivity contribution is -0.173. The largest absolute Gasteiger partial charge is 0.393 e. The molecule has 0 saturated heterocycles. The number of carbonyl (C=O) groups is 1. The van der Waals surface area contributed by atoms with Crippen molar-refractivity contribution in [3.8, 4) is 0 Å². The molecule has 0 spiro atoms. The van der Waals surface area contributed by atoms with Crippen LogP contribution in [-0.4, -0.2) is 28.2 Å². The van der Waals surface area contributed by atoms with Gasteiger partial charge in [-0.15, -0.1) is 0 Å². The standard InChI is InChI=1S/C19H30O3/c1-18-8-7-14-17(13(18)5-6-16(18)22)15(21)9-11-3-4-12(20)10-19(11,14)2/h11-15,17,20-21H,3-10H2,1-2H3/t11-,12+,13+,14+,15-,17+,18+,19+/m1/s1. The third kappa shape index (κ3) is 1.84. The molecule has 0 radical (unpaired) electrons. The van der Waals surface area contributed by atoms with E-state index in [1.807, 2.05) is 0 Å². The van der Waals surface area contributed by atoms with E-state index in [-0.39, 0.29) is 29.0 Å². The van der Waals surface area contributed by atoms with Gasteiger partial charge in [0.05, 0.1) is 12.2 Å². The molecule has 4 saturated carbocycles. The normalized spacial score (nSPS) is 57.9. The molecule has 3 heteroatoms. The monoisotopic (exact) mass is 306 g/mol. The summed E-state index contributed by atoms with van der Waals surface area (Å²) in [6.45, 7) is 4.52. The molecule has 4 aliphatic carbocycles. The highest BCUT2D eigenvalue weighted by Crippen LogP contribution is 2.65. The summed E-state index contributed by atoms with van der Waals surface area (Å²) in [5, 5.41) is 21.1. The average Bonchev–Trinajstić information content (AvgIpc) is 2.76. The van der Waals surface area contributed by atoms with E-state index in [1.54, 1.807) is 0 Å². The van der Waals surface area contributed by atoms with Gasteiger partial charge in [-0.25, -0.2) is 0 Å². The summed E-state index contributed by atoms with van der Waals surface area (Å²) in [7, 11) is 0. The average molecular weight is 306 g/mol. The van der Waals surface area contributed by atoms with Crippen LogP contribution < -0.4 is 0 Å². The smallest absolute Gasteiger partial charge is 0.139 e. The predicted octanol–water partition coefficient (Wildman–Crippen LogP) is 2.93. The molecule has 3 nitrogen and oxygen atoms in total. The lowest BCUT2D eigenvalue weighted by Crippen LogP contribution is -2.58. The Morgan fingerprint density at radius 1 is 1.05 bits per heavy atom. The van der Waals surface area contributed by atoms with Gasteiger partial charge in [-0.3, -0.25) is 4.79 Å². The highest BCUT2D eigenvalue weighted by molar-refractivity contribution is 5.87. The quantitative estimate of drug-likeness (QED) is 0.723. The molecule has 0 heterocycles. The van der Waals surface area contributed by atoms with Crippen LogP contribution in [0.1, 0.15) is 65.2 Å². The van der Waals surface area contributed by atoms with Crippen LogP contribution in [0, 0.1) is 34.5 Å². The van der Waals surface area contributed by atoms with Crippen LogP contribution in [-0.2, 0) is 4.79 Å². The van der Waals surface area contributed by atoms with E-state index in [4.69, 9.17) is 0 Å². The van der Waals surface area contributed by atoms with Crippen molar-refractivity contribution in [3.63, 3.8) is 0 Å². The molecule has 22 heavy (non-hydrogen) atoms. The fourth-order valence-electron chi connectivity index (χ4n) is 7.06. The first-order valence-electron chi connectivity index (χ1n) is 9.25. The number of hydrogen-bond acceptors (Lipinski definition) is 3. The molecule has 2 N–H and O–H groups in total. The van der Waals surface area contributed by atoms with E-state index >= 15 is 0 Å². The number of ketones is 1. The lowest BCUT2D eigenvalue weighted by Gasteiger charge is -2.61. The van der Waals surface area contributed by atoms with Crippen LogP contribution in [0.5, 0.6) is 0 Å². The third-order valence-corrected chi connectivity index (χ3v) is 8.32. The van der Waals surface area contributed by atoms with Gasteiger partial charge in [-0.2, -0.15) is 0 Å². The van der Waals surface area contributed by atoms with Crippen molar-refractivity contribution in [2.24, 2.45) is 34.5 Å². The second-order valence-electron chi connectivity index (χ2n) is 9.15. The molecule has 0 unspecified atom stereocenters. The Morgan fingerprint density at radius 3 is 2.59 bits per heavy atom. The van der Waals surface area contributed by atoms with Gasteiger partial charge in [-0.05, 0) is 74.0 Å². The molecule has 0 aromatic carbocycles. The zero-order valence-corrected chi connectivity index (χ0v) is 13.9. The molecule has 124 valence electrons. The molecule has 4 fully saturated rings. The molecule has 0 bridgehead atoms. The number of Topliss-reactive ketones (excluding diaryl/α,β-unsaturated/α-hetero) is 1. The molecule has 0 aromatic rings. The molecule has 8 atom stereocenters. The number of fused-ring (bicyclic) bond motifs is 5. The molecule has 0 aliphatic heterocycles. The molecular formula is C19H30O3. The number of carbonyl (C=O) groups excluding carboxylic acids is 1. The van der Waals surface area contributed by atoms with E-state index in [9.17, 15) is 15.0 Å². The van der Waals surface area contributed by atoms with Crippen molar-refractivity contribution in [2.45, 2.75) is 77.4 Å². The van der Waals surface area contributed by atoms with Crippen LogP contribution >= 0.6 is 0 Å². The van der Waals surface area contributed by atoms with Crippen molar-refractivity contribution < 1.29 is 15.0 Å². The maximum atomic E-state index is 12.4. The first kappa shape index (κ1) is 15.1. The summed E-state index contributed by atoms with van der Waals surface area (Å²) in [6.07, 6.45) is 7.03. The second kappa shape index (κ2) is 4.80. The van der Waals surface area contributed by atoms with Gasteiger partial charge in [0.1, 0.15) is 5.78 Å². The third-order valence-electron chi connectivity index (χ3n) is 8.32. The minimum Gasteiger partial charge on any atom is -0.393 e. The van der Waals surface area contributed by atoms with Gasteiger partial charge in [0.2, 0.25) is 0 Å². The minimum absolute atomic E-state index is 0.161. The van der Waals surface area contributed by atoms with Crippen LogP contribution in [0.4, 0.5) is 0 Å².